The standard InChI is InChI=1S/C19H29N5O/c1-7-10-11-23(6)19(25)17-21-16-15(13(4)12-14(5)20-16)18(22-17)24(8-2)9-3/h12H,7-11H2,1-6H3. The zero-order valence-electron chi connectivity index (χ0n) is 16.3. The second-order valence-corrected chi connectivity index (χ2v) is 6.40. The second kappa shape index (κ2) is 8.23. The van der Waals surface area contributed by atoms with Crippen molar-refractivity contribution in [2.24, 2.45) is 0 Å². The van der Waals surface area contributed by atoms with Crippen molar-refractivity contribution in [2.75, 3.05) is 31.6 Å². The first-order valence-electron chi connectivity index (χ1n) is 9.09. The summed E-state index contributed by atoms with van der Waals surface area (Å²) in [5.74, 6) is 0.877. The van der Waals surface area contributed by atoms with E-state index in [-0.39, 0.29) is 11.7 Å². The van der Waals surface area contributed by atoms with Crippen molar-refractivity contribution in [1.82, 2.24) is 19.9 Å². The van der Waals surface area contributed by atoms with Gasteiger partial charge in [0.05, 0.1) is 5.39 Å². The minimum Gasteiger partial charge on any atom is -0.356 e. The van der Waals surface area contributed by atoms with Gasteiger partial charge in [-0.1, -0.05) is 13.3 Å². The summed E-state index contributed by atoms with van der Waals surface area (Å²) < 4.78 is 0. The average Bonchev–Trinajstić information content (AvgIpc) is 2.59. The molecule has 2 rings (SSSR count). The monoisotopic (exact) mass is 343 g/mol. The lowest BCUT2D eigenvalue weighted by Gasteiger charge is -2.23. The van der Waals surface area contributed by atoms with E-state index in [2.05, 4.69) is 40.6 Å². The van der Waals surface area contributed by atoms with Crippen molar-refractivity contribution in [2.45, 2.75) is 47.5 Å². The number of hydrogen-bond donors (Lipinski definition) is 0. The van der Waals surface area contributed by atoms with Gasteiger partial charge in [-0.3, -0.25) is 4.79 Å². The summed E-state index contributed by atoms with van der Waals surface area (Å²) in [6, 6.07) is 2.04. The highest BCUT2D eigenvalue weighted by molar-refractivity contribution is 5.96. The lowest BCUT2D eigenvalue weighted by Crippen LogP contribution is -2.31. The third-order valence-electron chi connectivity index (χ3n) is 4.42. The molecule has 2 aromatic rings. The van der Waals surface area contributed by atoms with Gasteiger partial charge in [-0.25, -0.2) is 15.0 Å². The van der Waals surface area contributed by atoms with Crippen molar-refractivity contribution in [3.05, 3.63) is 23.1 Å². The molecular weight excluding hydrogens is 314 g/mol. The highest BCUT2D eigenvalue weighted by atomic mass is 16.2. The molecule has 2 heterocycles. The summed E-state index contributed by atoms with van der Waals surface area (Å²) in [6.07, 6.45) is 2.01. The molecule has 1 amide bonds. The van der Waals surface area contributed by atoms with Gasteiger partial charge in [0.2, 0.25) is 5.82 Å². The number of amides is 1. The van der Waals surface area contributed by atoms with E-state index in [0.29, 0.717) is 12.2 Å². The summed E-state index contributed by atoms with van der Waals surface area (Å²) in [5.41, 5.74) is 2.58. The maximum atomic E-state index is 12.8. The van der Waals surface area contributed by atoms with E-state index in [1.807, 2.05) is 19.9 Å². The molecule has 0 N–H and O–H groups in total. The zero-order chi connectivity index (χ0) is 18.6. The normalized spacial score (nSPS) is 11.0. The fourth-order valence-electron chi connectivity index (χ4n) is 2.97. The number of pyridine rings is 1. The SMILES string of the molecule is CCCCN(C)C(=O)c1nc(N(CC)CC)c2c(C)cc(C)nc2n1. The lowest BCUT2D eigenvalue weighted by atomic mass is 10.1. The molecule has 0 fully saturated rings. The molecule has 0 saturated carbocycles. The minimum atomic E-state index is -0.148. The predicted molar refractivity (Wildman–Crippen MR) is 102 cm³/mol. The number of carbonyl (C=O) groups excluding carboxylic acids is 1. The van der Waals surface area contributed by atoms with E-state index in [0.717, 1.165) is 48.4 Å². The molecule has 0 aromatic carbocycles. The van der Waals surface area contributed by atoms with Gasteiger partial charge in [0.1, 0.15) is 5.82 Å². The van der Waals surface area contributed by atoms with Gasteiger partial charge >= 0.3 is 0 Å². The maximum Gasteiger partial charge on any atom is 0.291 e. The number of unbranched alkanes of at least 4 members (excludes halogenated alkanes) is 1. The fourth-order valence-corrected chi connectivity index (χ4v) is 2.97. The Hall–Kier alpha value is -2.24. The topological polar surface area (TPSA) is 62.2 Å². The first-order chi connectivity index (χ1) is 11.9. The average molecular weight is 343 g/mol. The first kappa shape index (κ1) is 19.1. The highest BCUT2D eigenvalue weighted by Crippen LogP contribution is 2.27. The van der Waals surface area contributed by atoms with Crippen molar-refractivity contribution in [3.8, 4) is 0 Å². The van der Waals surface area contributed by atoms with Crippen LogP contribution >= 0.6 is 0 Å². The molecule has 6 nitrogen and oxygen atoms in total. The Balaban J connectivity index is 2.61. The van der Waals surface area contributed by atoms with Gasteiger partial charge in [-0.15, -0.1) is 0 Å². The Morgan fingerprint density at radius 3 is 2.36 bits per heavy atom. The van der Waals surface area contributed by atoms with Crippen molar-refractivity contribution >= 4 is 22.8 Å². The summed E-state index contributed by atoms with van der Waals surface area (Å²) >= 11 is 0. The Morgan fingerprint density at radius 1 is 1.08 bits per heavy atom. The molecule has 0 spiro atoms. The Labute approximate surface area is 150 Å². The van der Waals surface area contributed by atoms with Crippen molar-refractivity contribution < 1.29 is 4.79 Å². The first-order valence-corrected chi connectivity index (χ1v) is 9.09. The van der Waals surface area contributed by atoms with E-state index < -0.39 is 0 Å². The Kier molecular flexibility index (Phi) is 6.28. The lowest BCUT2D eigenvalue weighted by molar-refractivity contribution is 0.0781. The quantitative estimate of drug-likeness (QED) is 0.771. The van der Waals surface area contributed by atoms with Gasteiger partial charge in [-0.2, -0.15) is 0 Å². The van der Waals surface area contributed by atoms with E-state index in [1.54, 1.807) is 11.9 Å². The van der Waals surface area contributed by atoms with Crippen LogP contribution in [0.5, 0.6) is 0 Å². The van der Waals surface area contributed by atoms with Crippen LogP contribution in [0.2, 0.25) is 0 Å². The predicted octanol–water partition coefficient (Wildman–Crippen LogP) is 3.36. The summed E-state index contributed by atoms with van der Waals surface area (Å²) in [5, 5.41) is 0.932. The number of aromatic nitrogens is 3. The largest absolute Gasteiger partial charge is 0.356 e. The molecule has 0 aliphatic carbocycles. The number of carbonyl (C=O) groups is 1. The molecule has 0 unspecified atom stereocenters. The van der Waals surface area contributed by atoms with Crippen LogP contribution in [-0.2, 0) is 0 Å². The van der Waals surface area contributed by atoms with Gasteiger partial charge in [0, 0.05) is 32.4 Å². The fraction of sp³-hybridized carbons (Fsp3) is 0.579. The minimum absolute atomic E-state index is 0.148. The van der Waals surface area contributed by atoms with Gasteiger partial charge in [-0.05, 0) is 45.7 Å². The van der Waals surface area contributed by atoms with E-state index in [1.165, 1.54) is 0 Å². The number of rotatable bonds is 7. The van der Waals surface area contributed by atoms with Crippen LogP contribution in [0.15, 0.2) is 6.07 Å². The third kappa shape index (κ3) is 4.06. The molecular formula is C19H29N5O. The number of anilines is 1. The molecule has 2 aromatic heterocycles. The molecule has 136 valence electrons. The molecule has 0 aliphatic rings. The molecule has 0 atom stereocenters. The number of aryl methyl sites for hydroxylation is 2. The van der Waals surface area contributed by atoms with Crippen LogP contribution < -0.4 is 4.90 Å². The molecule has 6 heteroatoms. The smallest absolute Gasteiger partial charge is 0.291 e. The van der Waals surface area contributed by atoms with Crippen LogP contribution in [0.4, 0.5) is 5.82 Å². The Bertz CT molecular complexity index is 755. The zero-order valence-corrected chi connectivity index (χ0v) is 16.3. The molecule has 0 saturated heterocycles. The second-order valence-electron chi connectivity index (χ2n) is 6.40. The van der Waals surface area contributed by atoms with E-state index in [4.69, 9.17) is 0 Å². The summed E-state index contributed by atoms with van der Waals surface area (Å²) in [4.78, 5) is 30.3. The molecule has 0 bridgehead atoms. The van der Waals surface area contributed by atoms with Crippen LogP contribution in [0, 0.1) is 13.8 Å². The van der Waals surface area contributed by atoms with E-state index >= 15 is 0 Å². The van der Waals surface area contributed by atoms with Crippen LogP contribution in [0.25, 0.3) is 11.0 Å². The highest BCUT2D eigenvalue weighted by Gasteiger charge is 2.21. The van der Waals surface area contributed by atoms with Gasteiger partial charge in [0.15, 0.2) is 5.65 Å². The summed E-state index contributed by atoms with van der Waals surface area (Å²) in [6.45, 7) is 12.6. The molecule has 0 aliphatic heterocycles. The van der Waals surface area contributed by atoms with Crippen LogP contribution in [0.3, 0.4) is 0 Å². The number of hydrogen-bond acceptors (Lipinski definition) is 5. The number of nitrogens with zero attached hydrogens (tertiary/aromatic N) is 5. The Morgan fingerprint density at radius 2 is 1.76 bits per heavy atom. The van der Waals surface area contributed by atoms with Crippen LogP contribution in [-0.4, -0.2) is 52.4 Å². The van der Waals surface area contributed by atoms with Gasteiger partial charge < -0.3 is 9.80 Å². The number of fused-ring (bicyclic) bond motifs is 1. The van der Waals surface area contributed by atoms with Crippen molar-refractivity contribution in [1.29, 1.82) is 0 Å². The third-order valence-corrected chi connectivity index (χ3v) is 4.42. The molecule has 0 radical (unpaired) electrons. The van der Waals surface area contributed by atoms with Crippen molar-refractivity contribution in [3.63, 3.8) is 0 Å². The molecule has 25 heavy (non-hydrogen) atoms. The maximum absolute atomic E-state index is 12.8. The summed E-state index contributed by atoms with van der Waals surface area (Å²) in [7, 11) is 1.80. The van der Waals surface area contributed by atoms with Crippen LogP contribution in [0.1, 0.15) is 55.5 Å². The van der Waals surface area contributed by atoms with E-state index in [9.17, 15) is 4.79 Å². The van der Waals surface area contributed by atoms with Gasteiger partial charge in [0.25, 0.3) is 5.91 Å².